The lowest BCUT2D eigenvalue weighted by Crippen LogP contribution is -2.55. The molecule has 0 aromatic carbocycles. The highest BCUT2D eigenvalue weighted by molar-refractivity contribution is 9.10. The van der Waals surface area contributed by atoms with Crippen LogP contribution in [0, 0.1) is 6.92 Å². The predicted molar refractivity (Wildman–Crippen MR) is 137 cm³/mol. The summed E-state index contributed by atoms with van der Waals surface area (Å²) in [6, 6.07) is -0.212. The molecule has 0 unspecified atom stereocenters. The second-order valence-corrected chi connectivity index (χ2v) is 10.2. The molecule has 4 heterocycles. The molecule has 1 aliphatic rings. The number of H-pyrrole nitrogens is 1. The van der Waals surface area contributed by atoms with E-state index in [2.05, 4.69) is 36.1 Å². The summed E-state index contributed by atoms with van der Waals surface area (Å²) in [5, 5.41) is 4.21. The van der Waals surface area contributed by atoms with Crippen molar-refractivity contribution in [2.75, 3.05) is 31.7 Å². The third-order valence-corrected chi connectivity index (χ3v) is 8.43. The first kappa shape index (κ1) is 25.7. The average Bonchev–Trinajstić information content (AvgIpc) is 3.53. The molecule has 0 spiro atoms. The van der Waals surface area contributed by atoms with Gasteiger partial charge in [0.15, 0.2) is 11.0 Å². The first-order valence-electron chi connectivity index (χ1n) is 11.0. The van der Waals surface area contributed by atoms with E-state index in [0.717, 1.165) is 0 Å². The van der Waals surface area contributed by atoms with Crippen LogP contribution in [0.25, 0.3) is 11.5 Å². The van der Waals surface area contributed by atoms with Gasteiger partial charge in [-0.1, -0.05) is 22.9 Å². The van der Waals surface area contributed by atoms with E-state index in [-0.39, 0.29) is 24.7 Å². The van der Waals surface area contributed by atoms with Gasteiger partial charge < -0.3 is 29.2 Å². The number of imidazole rings is 1. The Morgan fingerprint density at radius 1 is 1.43 bits per heavy atom. The quantitative estimate of drug-likeness (QED) is 0.406. The van der Waals surface area contributed by atoms with Crippen LogP contribution in [0.4, 0.5) is 5.13 Å². The number of hydrogen-bond acceptors (Lipinski definition) is 8. The number of piperidine rings is 1. The van der Waals surface area contributed by atoms with Crippen LogP contribution in [-0.2, 0) is 16.5 Å². The lowest BCUT2D eigenvalue weighted by molar-refractivity contribution is 0.0531. The maximum Gasteiger partial charge on any atom is 0.350 e. The topological polar surface area (TPSA) is 114 Å². The molecule has 2 N–H and O–H groups in total. The minimum Gasteiger partial charge on any atom is -0.462 e. The number of anilines is 1. The SMILES string of the molecule is CCOC(=O)c1sc(N2CC[C@@H](NC(=O)c3[nH]c(C)c(Cl)c3Br)[C@@H](OC)C2)nc1-c1nccn1C. The second kappa shape index (κ2) is 10.7. The van der Waals surface area contributed by atoms with Crippen molar-refractivity contribution in [3.63, 3.8) is 0 Å². The number of carbonyl (C=O) groups is 2. The Balaban J connectivity index is 1.54. The van der Waals surface area contributed by atoms with Gasteiger partial charge in [-0.05, 0) is 36.2 Å². The van der Waals surface area contributed by atoms with Crippen LogP contribution in [0.2, 0.25) is 5.02 Å². The number of aryl methyl sites for hydroxylation is 2. The van der Waals surface area contributed by atoms with Gasteiger partial charge in [-0.25, -0.2) is 14.8 Å². The van der Waals surface area contributed by atoms with Gasteiger partial charge in [0.2, 0.25) is 0 Å². The van der Waals surface area contributed by atoms with Crippen molar-refractivity contribution in [3.05, 3.63) is 38.2 Å². The summed E-state index contributed by atoms with van der Waals surface area (Å²) >= 11 is 10.8. The zero-order chi connectivity index (χ0) is 25.3. The van der Waals surface area contributed by atoms with Gasteiger partial charge in [-0.3, -0.25) is 4.79 Å². The number of carbonyl (C=O) groups excluding carboxylic acids is 2. The van der Waals surface area contributed by atoms with Crippen LogP contribution in [0.15, 0.2) is 16.9 Å². The number of halogens is 2. The van der Waals surface area contributed by atoms with E-state index in [1.165, 1.54) is 11.3 Å². The number of rotatable bonds is 7. The Labute approximate surface area is 220 Å². The summed E-state index contributed by atoms with van der Waals surface area (Å²) in [7, 11) is 3.46. The molecule has 1 fully saturated rings. The fraction of sp³-hybridized carbons (Fsp3) is 0.455. The number of nitrogens with one attached hydrogen (secondary N) is 2. The number of aromatic amines is 1. The minimum atomic E-state index is -0.426. The van der Waals surface area contributed by atoms with E-state index in [1.54, 1.807) is 33.4 Å². The number of amides is 1. The first-order valence-corrected chi connectivity index (χ1v) is 13.0. The van der Waals surface area contributed by atoms with Crippen LogP contribution in [0.5, 0.6) is 0 Å². The zero-order valence-corrected chi connectivity index (χ0v) is 22.9. The van der Waals surface area contributed by atoms with Crippen LogP contribution < -0.4 is 10.2 Å². The average molecular weight is 586 g/mol. The summed E-state index contributed by atoms with van der Waals surface area (Å²) in [5.74, 6) is -0.0973. The standard InChI is InChI=1S/C22H26BrClN6O4S/c1-5-34-21(32)18-17(19-25-7-9-29(19)3)28-22(35-18)30-8-6-12(13(10-30)33-4)27-20(31)16-14(23)15(24)11(2)26-16/h7,9,12-13,26H,5-6,8,10H2,1-4H3,(H,27,31)/t12-,13+/m1/s1. The smallest absolute Gasteiger partial charge is 0.350 e. The highest BCUT2D eigenvalue weighted by Gasteiger charge is 2.34. The van der Waals surface area contributed by atoms with Crippen molar-refractivity contribution in [1.82, 2.24) is 24.8 Å². The van der Waals surface area contributed by atoms with Crippen molar-refractivity contribution in [2.45, 2.75) is 32.4 Å². The highest BCUT2D eigenvalue weighted by Crippen LogP contribution is 2.35. The van der Waals surface area contributed by atoms with Crippen LogP contribution in [-0.4, -0.2) is 70.3 Å². The molecule has 0 radical (unpaired) electrons. The fourth-order valence-electron chi connectivity index (χ4n) is 3.99. The molecule has 3 aromatic heterocycles. The number of nitrogens with zero attached hydrogens (tertiary/aromatic N) is 4. The number of thiazole rings is 1. The van der Waals surface area contributed by atoms with E-state index in [9.17, 15) is 9.59 Å². The molecule has 0 aliphatic carbocycles. The summed E-state index contributed by atoms with van der Waals surface area (Å²) < 4.78 is 13.3. The van der Waals surface area contributed by atoms with Crippen LogP contribution in [0.1, 0.15) is 39.2 Å². The van der Waals surface area contributed by atoms with E-state index in [4.69, 9.17) is 26.1 Å². The molecule has 10 nitrogen and oxygen atoms in total. The van der Waals surface area contributed by atoms with Gasteiger partial charge in [-0.2, -0.15) is 0 Å². The minimum absolute atomic E-state index is 0.212. The Hall–Kier alpha value is -2.41. The molecule has 188 valence electrons. The first-order chi connectivity index (χ1) is 16.7. The van der Waals surface area contributed by atoms with Gasteiger partial charge in [0.25, 0.3) is 5.91 Å². The van der Waals surface area contributed by atoms with E-state index in [1.807, 2.05) is 11.6 Å². The summed E-state index contributed by atoms with van der Waals surface area (Å²) in [6.07, 6.45) is 3.80. The largest absolute Gasteiger partial charge is 0.462 e. The Morgan fingerprint density at radius 2 is 2.20 bits per heavy atom. The van der Waals surface area contributed by atoms with Gasteiger partial charge in [-0.15, -0.1) is 0 Å². The van der Waals surface area contributed by atoms with Gasteiger partial charge in [0.1, 0.15) is 16.3 Å². The van der Waals surface area contributed by atoms with Crippen LogP contribution in [0.3, 0.4) is 0 Å². The third-order valence-electron chi connectivity index (χ3n) is 5.84. The van der Waals surface area contributed by atoms with E-state index < -0.39 is 5.97 Å². The number of ether oxygens (including phenoxy) is 2. The summed E-state index contributed by atoms with van der Waals surface area (Å²) in [6.45, 7) is 4.95. The van der Waals surface area contributed by atoms with Crippen molar-refractivity contribution in [2.24, 2.45) is 7.05 Å². The lowest BCUT2D eigenvalue weighted by atomic mass is 10.0. The van der Waals surface area contributed by atoms with Crippen molar-refractivity contribution >= 4 is 55.9 Å². The van der Waals surface area contributed by atoms with Gasteiger partial charge in [0.05, 0.1) is 28.2 Å². The van der Waals surface area contributed by atoms with E-state index >= 15 is 0 Å². The molecule has 1 saturated heterocycles. The molecule has 35 heavy (non-hydrogen) atoms. The van der Waals surface area contributed by atoms with Crippen LogP contribution >= 0.6 is 38.9 Å². The molecule has 1 aliphatic heterocycles. The Morgan fingerprint density at radius 3 is 2.80 bits per heavy atom. The molecule has 2 atom stereocenters. The van der Waals surface area contributed by atoms with Crippen molar-refractivity contribution in [1.29, 1.82) is 0 Å². The molecular formula is C22H26BrClN6O4S. The number of aromatic nitrogens is 4. The fourth-order valence-corrected chi connectivity index (χ4v) is 5.70. The Bertz CT molecular complexity index is 1240. The molecule has 4 rings (SSSR count). The molecule has 3 aromatic rings. The molecule has 13 heteroatoms. The summed E-state index contributed by atoms with van der Waals surface area (Å²) in [4.78, 5) is 40.1. The zero-order valence-electron chi connectivity index (χ0n) is 19.7. The molecule has 1 amide bonds. The number of hydrogen-bond donors (Lipinski definition) is 2. The third kappa shape index (κ3) is 5.11. The maximum absolute atomic E-state index is 12.9. The predicted octanol–water partition coefficient (Wildman–Crippen LogP) is 3.80. The monoisotopic (exact) mass is 584 g/mol. The second-order valence-electron chi connectivity index (χ2n) is 8.10. The molecule has 0 saturated carbocycles. The van der Waals surface area contributed by atoms with Crippen molar-refractivity contribution < 1.29 is 19.1 Å². The van der Waals surface area contributed by atoms with Gasteiger partial charge >= 0.3 is 5.97 Å². The maximum atomic E-state index is 12.9. The summed E-state index contributed by atoms with van der Waals surface area (Å²) in [5.41, 5.74) is 1.58. The van der Waals surface area contributed by atoms with Gasteiger partial charge in [0, 0.05) is 45.3 Å². The number of methoxy groups -OCH3 is 1. The Kier molecular flexibility index (Phi) is 7.84. The van der Waals surface area contributed by atoms with E-state index in [0.29, 0.717) is 61.9 Å². The highest BCUT2D eigenvalue weighted by atomic mass is 79.9. The van der Waals surface area contributed by atoms with Crippen molar-refractivity contribution in [3.8, 4) is 11.5 Å². The normalized spacial score (nSPS) is 18.1. The number of esters is 1. The molecule has 0 bridgehead atoms. The molecular weight excluding hydrogens is 560 g/mol. The lowest BCUT2D eigenvalue weighted by Gasteiger charge is -2.37.